The van der Waals surface area contributed by atoms with Crippen LogP contribution in [-0.4, -0.2) is 23.9 Å². The normalized spacial score (nSPS) is 14.8. The van der Waals surface area contributed by atoms with E-state index in [2.05, 4.69) is 0 Å². The lowest BCUT2D eigenvalue weighted by molar-refractivity contribution is -0.0210. The second kappa shape index (κ2) is 6.18. The van der Waals surface area contributed by atoms with Crippen molar-refractivity contribution in [2.45, 2.75) is 32.5 Å². The standard InChI is InChI=1S/C12H16ClFO2/c1-3-16-8(2)12(15)7-9-10(13)5-4-6-11(9)14/h4-6,8,12,15H,3,7H2,1-2H3. The minimum atomic E-state index is -0.755. The van der Waals surface area contributed by atoms with Crippen LogP contribution in [0.1, 0.15) is 19.4 Å². The molecule has 0 radical (unpaired) electrons. The zero-order chi connectivity index (χ0) is 12.1. The van der Waals surface area contributed by atoms with Gasteiger partial charge in [-0.2, -0.15) is 0 Å². The van der Waals surface area contributed by atoms with Gasteiger partial charge in [0.05, 0.1) is 12.2 Å². The summed E-state index contributed by atoms with van der Waals surface area (Å²) < 4.78 is 18.7. The van der Waals surface area contributed by atoms with E-state index in [0.29, 0.717) is 17.2 Å². The molecule has 4 heteroatoms. The number of aliphatic hydroxyl groups excluding tert-OH is 1. The van der Waals surface area contributed by atoms with Crippen LogP contribution in [0.2, 0.25) is 5.02 Å². The molecule has 2 nitrogen and oxygen atoms in total. The van der Waals surface area contributed by atoms with Crippen molar-refractivity contribution in [3.05, 3.63) is 34.6 Å². The SMILES string of the molecule is CCOC(C)C(O)Cc1c(F)cccc1Cl. The first-order valence-electron chi connectivity index (χ1n) is 5.28. The molecule has 1 aromatic rings. The van der Waals surface area contributed by atoms with E-state index >= 15 is 0 Å². The number of hydrogen-bond donors (Lipinski definition) is 1. The second-order valence-electron chi connectivity index (χ2n) is 3.63. The molecule has 0 saturated heterocycles. The van der Waals surface area contributed by atoms with E-state index in [0.717, 1.165) is 0 Å². The largest absolute Gasteiger partial charge is 0.390 e. The maximum atomic E-state index is 13.4. The van der Waals surface area contributed by atoms with Gasteiger partial charge in [-0.1, -0.05) is 17.7 Å². The average molecular weight is 247 g/mol. The van der Waals surface area contributed by atoms with Crippen molar-refractivity contribution in [3.8, 4) is 0 Å². The molecule has 1 aromatic carbocycles. The first-order chi connectivity index (χ1) is 7.56. The summed E-state index contributed by atoms with van der Waals surface area (Å²) in [5.41, 5.74) is 0.336. The van der Waals surface area contributed by atoms with Gasteiger partial charge in [0.1, 0.15) is 5.82 Å². The highest BCUT2D eigenvalue weighted by Gasteiger charge is 2.18. The Hall–Kier alpha value is -0.640. The monoisotopic (exact) mass is 246 g/mol. The van der Waals surface area contributed by atoms with Crippen LogP contribution in [0.15, 0.2) is 18.2 Å². The Morgan fingerprint density at radius 2 is 2.19 bits per heavy atom. The molecule has 0 aliphatic rings. The zero-order valence-corrected chi connectivity index (χ0v) is 10.2. The average Bonchev–Trinajstić information content (AvgIpc) is 2.23. The molecular weight excluding hydrogens is 231 g/mol. The Labute approximate surface area is 100.0 Å². The summed E-state index contributed by atoms with van der Waals surface area (Å²) >= 11 is 5.86. The fourth-order valence-corrected chi connectivity index (χ4v) is 1.72. The maximum absolute atomic E-state index is 13.4. The van der Waals surface area contributed by atoms with Crippen LogP contribution < -0.4 is 0 Å². The molecule has 0 aliphatic heterocycles. The molecule has 90 valence electrons. The lowest BCUT2D eigenvalue weighted by Gasteiger charge is -2.19. The number of hydrogen-bond acceptors (Lipinski definition) is 2. The first-order valence-corrected chi connectivity index (χ1v) is 5.66. The molecular formula is C12H16ClFO2. The van der Waals surface area contributed by atoms with Crippen LogP contribution in [0.4, 0.5) is 4.39 Å². The summed E-state index contributed by atoms with van der Waals surface area (Å²) in [4.78, 5) is 0. The van der Waals surface area contributed by atoms with Crippen molar-refractivity contribution in [1.82, 2.24) is 0 Å². The number of rotatable bonds is 5. The molecule has 0 amide bonds. The molecule has 1 N–H and O–H groups in total. The molecule has 0 saturated carbocycles. The molecule has 0 bridgehead atoms. The van der Waals surface area contributed by atoms with Crippen molar-refractivity contribution in [1.29, 1.82) is 0 Å². The van der Waals surface area contributed by atoms with E-state index in [-0.39, 0.29) is 12.5 Å². The predicted octanol–water partition coefficient (Wildman–Crippen LogP) is 2.81. The molecule has 0 heterocycles. The van der Waals surface area contributed by atoms with Crippen LogP contribution in [0, 0.1) is 5.82 Å². The van der Waals surface area contributed by atoms with Gasteiger partial charge in [-0.05, 0) is 26.0 Å². The van der Waals surface area contributed by atoms with Gasteiger partial charge < -0.3 is 9.84 Å². The van der Waals surface area contributed by atoms with Gasteiger partial charge in [-0.25, -0.2) is 4.39 Å². The number of aliphatic hydroxyl groups is 1. The molecule has 0 fully saturated rings. The van der Waals surface area contributed by atoms with Crippen LogP contribution in [-0.2, 0) is 11.2 Å². The van der Waals surface area contributed by atoms with Gasteiger partial charge in [0.15, 0.2) is 0 Å². The van der Waals surface area contributed by atoms with E-state index in [1.165, 1.54) is 6.07 Å². The van der Waals surface area contributed by atoms with Gasteiger partial charge in [0.2, 0.25) is 0 Å². The first kappa shape index (κ1) is 13.4. The lowest BCUT2D eigenvalue weighted by Crippen LogP contribution is -2.28. The third-order valence-corrected chi connectivity index (χ3v) is 2.80. The minimum Gasteiger partial charge on any atom is -0.390 e. The molecule has 16 heavy (non-hydrogen) atoms. The van der Waals surface area contributed by atoms with E-state index in [4.69, 9.17) is 16.3 Å². The van der Waals surface area contributed by atoms with Gasteiger partial charge in [-0.15, -0.1) is 0 Å². The summed E-state index contributed by atoms with van der Waals surface area (Å²) in [5, 5.41) is 10.1. The Balaban J connectivity index is 2.72. The fraction of sp³-hybridized carbons (Fsp3) is 0.500. The van der Waals surface area contributed by atoms with Crippen LogP contribution in [0.5, 0.6) is 0 Å². The minimum absolute atomic E-state index is 0.159. The van der Waals surface area contributed by atoms with Crippen molar-refractivity contribution >= 4 is 11.6 Å². The van der Waals surface area contributed by atoms with Gasteiger partial charge in [0, 0.05) is 23.6 Å². The Morgan fingerprint density at radius 3 is 2.75 bits per heavy atom. The second-order valence-corrected chi connectivity index (χ2v) is 4.04. The molecule has 0 aliphatic carbocycles. The van der Waals surface area contributed by atoms with E-state index in [9.17, 15) is 9.50 Å². The Morgan fingerprint density at radius 1 is 1.50 bits per heavy atom. The molecule has 0 aromatic heterocycles. The van der Waals surface area contributed by atoms with E-state index in [1.807, 2.05) is 6.92 Å². The number of ether oxygens (including phenoxy) is 1. The fourth-order valence-electron chi connectivity index (χ4n) is 1.48. The summed E-state index contributed by atoms with van der Waals surface area (Å²) in [5.74, 6) is -0.393. The molecule has 0 spiro atoms. The maximum Gasteiger partial charge on any atom is 0.127 e. The van der Waals surface area contributed by atoms with E-state index < -0.39 is 11.9 Å². The van der Waals surface area contributed by atoms with Crippen LogP contribution >= 0.6 is 11.6 Å². The lowest BCUT2D eigenvalue weighted by atomic mass is 10.0. The number of benzene rings is 1. The summed E-state index contributed by atoms with van der Waals surface area (Å²) in [6.45, 7) is 4.12. The summed E-state index contributed by atoms with van der Waals surface area (Å²) in [7, 11) is 0. The van der Waals surface area contributed by atoms with Crippen LogP contribution in [0.3, 0.4) is 0 Å². The molecule has 2 unspecified atom stereocenters. The van der Waals surface area contributed by atoms with Crippen molar-refractivity contribution < 1.29 is 14.2 Å². The zero-order valence-electron chi connectivity index (χ0n) is 9.41. The van der Waals surface area contributed by atoms with Crippen LogP contribution in [0.25, 0.3) is 0 Å². The van der Waals surface area contributed by atoms with Crippen molar-refractivity contribution in [3.63, 3.8) is 0 Å². The summed E-state index contributed by atoms with van der Waals surface area (Å²) in [6.07, 6.45) is -0.929. The topological polar surface area (TPSA) is 29.5 Å². The summed E-state index contributed by atoms with van der Waals surface area (Å²) in [6, 6.07) is 4.48. The third-order valence-electron chi connectivity index (χ3n) is 2.45. The highest BCUT2D eigenvalue weighted by molar-refractivity contribution is 6.31. The molecule has 1 rings (SSSR count). The third kappa shape index (κ3) is 3.44. The quantitative estimate of drug-likeness (QED) is 0.866. The number of halogens is 2. The molecule has 2 atom stereocenters. The van der Waals surface area contributed by atoms with Crippen molar-refractivity contribution in [2.24, 2.45) is 0 Å². The van der Waals surface area contributed by atoms with Crippen molar-refractivity contribution in [2.75, 3.05) is 6.61 Å². The van der Waals surface area contributed by atoms with Gasteiger partial charge >= 0.3 is 0 Å². The highest BCUT2D eigenvalue weighted by atomic mass is 35.5. The van der Waals surface area contributed by atoms with Gasteiger partial charge in [-0.3, -0.25) is 0 Å². The predicted molar refractivity (Wildman–Crippen MR) is 62.2 cm³/mol. The smallest absolute Gasteiger partial charge is 0.127 e. The van der Waals surface area contributed by atoms with E-state index in [1.54, 1.807) is 19.1 Å². The Bertz CT molecular complexity index is 324. The van der Waals surface area contributed by atoms with Gasteiger partial charge in [0.25, 0.3) is 0 Å². The highest BCUT2D eigenvalue weighted by Crippen LogP contribution is 2.21. The Kier molecular flexibility index (Phi) is 5.19.